The van der Waals surface area contributed by atoms with E-state index in [1.165, 1.54) is 4.90 Å². The van der Waals surface area contributed by atoms with E-state index < -0.39 is 6.04 Å². The van der Waals surface area contributed by atoms with Crippen LogP contribution in [0.25, 0.3) is 0 Å². The number of hydrogen-bond donors (Lipinski definition) is 1. The number of likely N-dealkylation sites (N-methyl/N-ethyl adjacent to an activating group) is 1. The maximum Gasteiger partial charge on any atom is 0.244 e. The Morgan fingerprint density at radius 2 is 2.18 bits per heavy atom. The molecule has 17 heavy (non-hydrogen) atoms. The first kappa shape index (κ1) is 13.3. The summed E-state index contributed by atoms with van der Waals surface area (Å²) >= 11 is 5.85. The van der Waals surface area contributed by atoms with Gasteiger partial charge >= 0.3 is 0 Å². The van der Waals surface area contributed by atoms with Crippen LogP contribution < -0.4 is 5.32 Å². The van der Waals surface area contributed by atoms with Crippen LogP contribution in [0.5, 0.6) is 0 Å². The average Bonchev–Trinajstić information content (AvgIpc) is 2.28. The van der Waals surface area contributed by atoms with Gasteiger partial charge in [-0.05, 0) is 25.1 Å². The van der Waals surface area contributed by atoms with Crippen molar-refractivity contribution in [1.82, 2.24) is 4.90 Å². The van der Waals surface area contributed by atoms with Crippen molar-refractivity contribution in [1.29, 1.82) is 5.26 Å². The molecule has 1 atom stereocenters. The predicted octanol–water partition coefficient (Wildman–Crippen LogP) is 2.10. The number of nitrogens with one attached hydrogen (secondary N) is 1. The second kappa shape index (κ2) is 5.55. The minimum atomic E-state index is -0.407. The Labute approximate surface area is 106 Å². The van der Waals surface area contributed by atoms with Gasteiger partial charge in [0.25, 0.3) is 0 Å². The second-order valence-corrected chi connectivity index (χ2v) is 4.34. The number of nitrogens with zero attached hydrogens (tertiary/aromatic N) is 2. The SMILES string of the molecule is CC(Nc1cc(Cl)ccc1C#N)C(=O)N(C)C. The molecule has 0 aliphatic rings. The van der Waals surface area contributed by atoms with Gasteiger partial charge in [0.1, 0.15) is 12.1 Å². The van der Waals surface area contributed by atoms with Crippen LogP contribution >= 0.6 is 11.6 Å². The fraction of sp³-hybridized carbons (Fsp3) is 0.333. The van der Waals surface area contributed by atoms with E-state index in [1.807, 2.05) is 0 Å². The smallest absolute Gasteiger partial charge is 0.244 e. The van der Waals surface area contributed by atoms with E-state index in [9.17, 15) is 4.79 Å². The van der Waals surface area contributed by atoms with E-state index in [1.54, 1.807) is 39.2 Å². The molecule has 0 saturated heterocycles. The maximum absolute atomic E-state index is 11.7. The van der Waals surface area contributed by atoms with Crippen molar-refractivity contribution in [2.45, 2.75) is 13.0 Å². The minimum Gasteiger partial charge on any atom is -0.373 e. The molecule has 5 heteroatoms. The molecule has 0 fully saturated rings. The van der Waals surface area contributed by atoms with Gasteiger partial charge in [-0.1, -0.05) is 11.6 Å². The Bertz CT molecular complexity index is 465. The monoisotopic (exact) mass is 251 g/mol. The molecule has 0 saturated carbocycles. The normalized spacial score (nSPS) is 11.5. The van der Waals surface area contributed by atoms with E-state index in [0.717, 1.165) is 0 Å². The molecule has 1 aromatic rings. The summed E-state index contributed by atoms with van der Waals surface area (Å²) in [6.45, 7) is 1.74. The van der Waals surface area contributed by atoms with Gasteiger partial charge in [0.15, 0.2) is 0 Å². The van der Waals surface area contributed by atoms with Crippen LogP contribution in [0.4, 0.5) is 5.69 Å². The lowest BCUT2D eigenvalue weighted by Gasteiger charge is -2.19. The molecule has 1 N–H and O–H groups in total. The Hall–Kier alpha value is -1.73. The Morgan fingerprint density at radius 3 is 2.71 bits per heavy atom. The molecule has 0 bridgehead atoms. The van der Waals surface area contributed by atoms with E-state index in [4.69, 9.17) is 16.9 Å². The number of hydrogen-bond acceptors (Lipinski definition) is 3. The molecule has 0 radical (unpaired) electrons. The van der Waals surface area contributed by atoms with E-state index in [0.29, 0.717) is 16.3 Å². The van der Waals surface area contributed by atoms with Gasteiger partial charge in [0.05, 0.1) is 11.3 Å². The number of anilines is 1. The van der Waals surface area contributed by atoms with Crippen LogP contribution in [-0.4, -0.2) is 30.9 Å². The van der Waals surface area contributed by atoms with Gasteiger partial charge in [-0.2, -0.15) is 5.26 Å². The highest BCUT2D eigenvalue weighted by Gasteiger charge is 2.15. The summed E-state index contributed by atoms with van der Waals surface area (Å²) in [7, 11) is 3.37. The zero-order valence-corrected chi connectivity index (χ0v) is 10.7. The molecule has 0 aliphatic carbocycles. The van der Waals surface area contributed by atoms with Crippen LogP contribution in [0.15, 0.2) is 18.2 Å². The number of benzene rings is 1. The molecular weight excluding hydrogens is 238 g/mol. The summed E-state index contributed by atoms with van der Waals surface area (Å²) in [5.74, 6) is -0.0612. The molecule has 0 spiro atoms. The molecule has 1 aromatic carbocycles. The van der Waals surface area contributed by atoms with Gasteiger partial charge < -0.3 is 10.2 Å². The van der Waals surface area contributed by atoms with Gasteiger partial charge in [0.2, 0.25) is 5.91 Å². The third kappa shape index (κ3) is 3.36. The first-order chi connectivity index (χ1) is 7.95. The number of nitriles is 1. The summed E-state index contributed by atoms with van der Waals surface area (Å²) in [6, 6.07) is 6.55. The first-order valence-electron chi connectivity index (χ1n) is 5.13. The Balaban J connectivity index is 2.92. The third-order valence-electron chi connectivity index (χ3n) is 2.29. The van der Waals surface area contributed by atoms with E-state index in [-0.39, 0.29) is 5.91 Å². The summed E-state index contributed by atoms with van der Waals surface area (Å²) in [5, 5.41) is 12.5. The zero-order chi connectivity index (χ0) is 13.0. The Kier molecular flexibility index (Phi) is 4.36. The molecule has 1 amide bonds. The Morgan fingerprint density at radius 1 is 1.53 bits per heavy atom. The standard InChI is InChI=1S/C12H14ClN3O/c1-8(12(17)16(2)3)15-11-6-10(13)5-4-9(11)7-14/h4-6,8,15H,1-3H3. The van der Waals surface area contributed by atoms with Crippen molar-refractivity contribution in [2.75, 3.05) is 19.4 Å². The summed E-state index contributed by atoms with van der Waals surface area (Å²) < 4.78 is 0. The molecule has 0 heterocycles. The lowest BCUT2D eigenvalue weighted by molar-refractivity contribution is -0.129. The highest BCUT2D eigenvalue weighted by Crippen LogP contribution is 2.21. The molecule has 1 unspecified atom stereocenters. The maximum atomic E-state index is 11.7. The molecule has 0 aliphatic heterocycles. The third-order valence-corrected chi connectivity index (χ3v) is 2.52. The van der Waals surface area contributed by atoms with Crippen molar-refractivity contribution in [3.05, 3.63) is 28.8 Å². The van der Waals surface area contributed by atoms with Crippen LogP contribution in [0.3, 0.4) is 0 Å². The number of carbonyl (C=O) groups is 1. The highest BCUT2D eigenvalue weighted by molar-refractivity contribution is 6.30. The van der Waals surface area contributed by atoms with Crippen LogP contribution in [0, 0.1) is 11.3 Å². The van der Waals surface area contributed by atoms with Crippen LogP contribution in [0.2, 0.25) is 5.02 Å². The number of amides is 1. The van der Waals surface area contributed by atoms with Crippen LogP contribution in [-0.2, 0) is 4.79 Å². The van der Waals surface area contributed by atoms with Crippen LogP contribution in [0.1, 0.15) is 12.5 Å². The second-order valence-electron chi connectivity index (χ2n) is 3.90. The number of halogens is 1. The minimum absolute atomic E-state index is 0.0612. The van der Waals surface area contributed by atoms with Gasteiger partial charge in [0, 0.05) is 19.1 Å². The highest BCUT2D eigenvalue weighted by atomic mass is 35.5. The van der Waals surface area contributed by atoms with Gasteiger partial charge in [-0.25, -0.2) is 0 Å². The largest absolute Gasteiger partial charge is 0.373 e. The lowest BCUT2D eigenvalue weighted by atomic mass is 10.1. The van der Waals surface area contributed by atoms with Crippen molar-refractivity contribution < 1.29 is 4.79 Å². The topological polar surface area (TPSA) is 56.1 Å². The lowest BCUT2D eigenvalue weighted by Crippen LogP contribution is -2.36. The summed E-state index contributed by atoms with van der Waals surface area (Å²) in [4.78, 5) is 13.2. The number of carbonyl (C=O) groups excluding carboxylic acids is 1. The molecule has 90 valence electrons. The quantitative estimate of drug-likeness (QED) is 0.895. The van der Waals surface area contributed by atoms with Crippen molar-refractivity contribution in [3.63, 3.8) is 0 Å². The molecule has 0 aromatic heterocycles. The summed E-state index contributed by atoms with van der Waals surface area (Å²) in [6.07, 6.45) is 0. The van der Waals surface area contributed by atoms with Crippen molar-refractivity contribution >= 4 is 23.2 Å². The molecule has 4 nitrogen and oxygen atoms in total. The molecule has 1 rings (SSSR count). The number of rotatable bonds is 3. The predicted molar refractivity (Wildman–Crippen MR) is 67.9 cm³/mol. The zero-order valence-electron chi connectivity index (χ0n) is 9.99. The van der Waals surface area contributed by atoms with E-state index >= 15 is 0 Å². The average molecular weight is 252 g/mol. The fourth-order valence-corrected chi connectivity index (χ4v) is 1.59. The summed E-state index contributed by atoms with van der Waals surface area (Å²) in [5.41, 5.74) is 1.04. The first-order valence-corrected chi connectivity index (χ1v) is 5.51. The van der Waals surface area contributed by atoms with Crippen molar-refractivity contribution in [2.24, 2.45) is 0 Å². The van der Waals surface area contributed by atoms with Gasteiger partial charge in [-0.3, -0.25) is 4.79 Å². The van der Waals surface area contributed by atoms with Crippen molar-refractivity contribution in [3.8, 4) is 6.07 Å². The van der Waals surface area contributed by atoms with Gasteiger partial charge in [-0.15, -0.1) is 0 Å². The fourth-order valence-electron chi connectivity index (χ4n) is 1.42. The van der Waals surface area contributed by atoms with E-state index in [2.05, 4.69) is 11.4 Å². The molecular formula is C12H14ClN3O.